The van der Waals surface area contributed by atoms with Crippen LogP contribution in [0.15, 0.2) is 24.3 Å². The monoisotopic (exact) mass is 543 g/mol. The van der Waals surface area contributed by atoms with Gasteiger partial charge in [-0.05, 0) is 87.6 Å². The zero-order valence-corrected chi connectivity index (χ0v) is 23.6. The smallest absolute Gasteiger partial charge is 0.228 e. The molecule has 2 aromatic heterocycles. The van der Waals surface area contributed by atoms with E-state index in [4.69, 9.17) is 33.2 Å². The number of anilines is 2. The Morgan fingerprint density at radius 3 is 2.64 bits per heavy atom. The number of hydrogen-bond acceptors (Lipinski definition) is 6. The van der Waals surface area contributed by atoms with E-state index in [0.717, 1.165) is 64.4 Å². The number of rotatable bonds is 6. The summed E-state index contributed by atoms with van der Waals surface area (Å²) in [6.45, 7) is 11.3. The lowest BCUT2D eigenvalue weighted by molar-refractivity contribution is 0.0294. The second-order valence-electron chi connectivity index (χ2n) is 11.3. The quantitative estimate of drug-likeness (QED) is 0.350. The van der Waals surface area contributed by atoms with E-state index in [-0.39, 0.29) is 6.04 Å². The van der Waals surface area contributed by atoms with Crippen LogP contribution in [0.3, 0.4) is 0 Å². The standard InChI is InChI=1S/C28H35Cl2N5S/c1-16-9-22(10-16)34-8-4-5-19(13-34)20-14-35(15-20)28-32-26(24-11-17(2)36-27(24)33-28)31-18(3)23-7-6-21(29)12-25(23)30/h6-7,11-12,16,18-20,22H,4-5,8-10,13-15H2,1-3H3,(H,31,32,33)/t16?,18-,19+,22?/m1/s1. The third-order valence-electron chi connectivity index (χ3n) is 8.50. The maximum atomic E-state index is 6.50. The molecule has 3 fully saturated rings. The van der Waals surface area contributed by atoms with Gasteiger partial charge in [0.15, 0.2) is 0 Å². The van der Waals surface area contributed by atoms with Crippen molar-refractivity contribution in [3.63, 3.8) is 0 Å². The molecule has 2 aliphatic heterocycles. The fourth-order valence-corrected chi connectivity index (χ4v) is 7.75. The van der Waals surface area contributed by atoms with E-state index in [1.165, 1.54) is 43.6 Å². The van der Waals surface area contributed by atoms with Gasteiger partial charge in [-0.1, -0.05) is 36.2 Å². The molecule has 0 bridgehead atoms. The van der Waals surface area contributed by atoms with Gasteiger partial charge in [-0.3, -0.25) is 0 Å². The van der Waals surface area contributed by atoms with Crippen molar-refractivity contribution in [2.75, 3.05) is 36.4 Å². The van der Waals surface area contributed by atoms with Gasteiger partial charge in [-0.25, -0.2) is 4.98 Å². The van der Waals surface area contributed by atoms with Crippen molar-refractivity contribution in [2.24, 2.45) is 17.8 Å². The first-order valence-electron chi connectivity index (χ1n) is 13.3. The average Bonchev–Trinajstić information content (AvgIpc) is 3.16. The molecule has 0 radical (unpaired) electrons. The summed E-state index contributed by atoms with van der Waals surface area (Å²) in [5.74, 6) is 4.20. The van der Waals surface area contributed by atoms with Crippen LogP contribution in [0.25, 0.3) is 10.2 Å². The molecular formula is C28H35Cl2N5S. The minimum absolute atomic E-state index is 0.00694. The fraction of sp³-hybridized carbons (Fsp3) is 0.571. The molecule has 1 N–H and O–H groups in total. The van der Waals surface area contributed by atoms with Crippen LogP contribution < -0.4 is 10.2 Å². The van der Waals surface area contributed by atoms with E-state index in [1.807, 2.05) is 12.1 Å². The van der Waals surface area contributed by atoms with Crippen molar-refractivity contribution in [3.8, 4) is 0 Å². The largest absolute Gasteiger partial charge is 0.363 e. The Kier molecular flexibility index (Phi) is 6.82. The summed E-state index contributed by atoms with van der Waals surface area (Å²) in [5, 5.41) is 6.01. The van der Waals surface area contributed by atoms with Crippen LogP contribution in [0.1, 0.15) is 56.0 Å². The number of likely N-dealkylation sites (tertiary alicyclic amines) is 1. The molecule has 1 aliphatic carbocycles. The summed E-state index contributed by atoms with van der Waals surface area (Å²) in [6.07, 6.45) is 5.51. The Morgan fingerprint density at radius 1 is 1.08 bits per heavy atom. The third kappa shape index (κ3) is 4.82. The first-order chi connectivity index (χ1) is 17.3. The molecule has 1 aromatic carbocycles. The lowest BCUT2D eigenvalue weighted by Crippen LogP contribution is -2.56. The van der Waals surface area contributed by atoms with Crippen molar-refractivity contribution in [2.45, 2.75) is 58.5 Å². The van der Waals surface area contributed by atoms with Gasteiger partial charge in [-0.15, -0.1) is 11.3 Å². The second-order valence-corrected chi connectivity index (χ2v) is 13.4. The van der Waals surface area contributed by atoms with E-state index in [0.29, 0.717) is 10.0 Å². The second kappa shape index (κ2) is 9.94. The third-order valence-corrected chi connectivity index (χ3v) is 10.0. The molecule has 0 unspecified atom stereocenters. The number of piperidine rings is 1. The molecule has 8 heteroatoms. The van der Waals surface area contributed by atoms with Gasteiger partial charge in [0, 0.05) is 40.6 Å². The number of fused-ring (bicyclic) bond motifs is 1. The van der Waals surface area contributed by atoms with Crippen LogP contribution in [-0.2, 0) is 0 Å². The van der Waals surface area contributed by atoms with Crippen LogP contribution in [0, 0.1) is 24.7 Å². The summed E-state index contributed by atoms with van der Waals surface area (Å²) in [5.41, 5.74) is 1.01. The van der Waals surface area contributed by atoms with Gasteiger partial charge in [0.05, 0.1) is 11.4 Å². The number of thiophene rings is 1. The highest BCUT2D eigenvalue weighted by atomic mass is 35.5. The highest BCUT2D eigenvalue weighted by Gasteiger charge is 2.40. The molecule has 2 saturated heterocycles. The Bertz CT molecular complexity index is 1250. The molecule has 3 aliphatic rings. The predicted octanol–water partition coefficient (Wildman–Crippen LogP) is 7.43. The van der Waals surface area contributed by atoms with E-state index in [9.17, 15) is 0 Å². The molecule has 1 saturated carbocycles. The minimum atomic E-state index is -0.00694. The van der Waals surface area contributed by atoms with Crippen LogP contribution >= 0.6 is 34.5 Å². The zero-order chi connectivity index (χ0) is 25.0. The fourth-order valence-electron chi connectivity index (χ4n) is 6.31. The molecule has 0 amide bonds. The van der Waals surface area contributed by atoms with Gasteiger partial charge in [0.1, 0.15) is 10.6 Å². The molecule has 192 valence electrons. The number of aromatic nitrogens is 2. The molecule has 5 nitrogen and oxygen atoms in total. The van der Waals surface area contributed by atoms with E-state index in [2.05, 4.69) is 42.0 Å². The van der Waals surface area contributed by atoms with Crippen molar-refractivity contribution < 1.29 is 0 Å². The number of halogens is 2. The Labute approximate surface area is 228 Å². The number of aryl methyl sites for hydroxylation is 1. The molecule has 4 heterocycles. The van der Waals surface area contributed by atoms with Crippen molar-refractivity contribution in [3.05, 3.63) is 44.8 Å². The first kappa shape index (κ1) is 24.7. The molecular weight excluding hydrogens is 509 g/mol. The topological polar surface area (TPSA) is 44.3 Å². The van der Waals surface area contributed by atoms with Gasteiger partial charge in [-0.2, -0.15) is 4.98 Å². The normalized spacial score (nSPS) is 26.0. The van der Waals surface area contributed by atoms with Crippen molar-refractivity contribution in [1.29, 1.82) is 0 Å². The Balaban J connectivity index is 1.17. The SMILES string of the molecule is Cc1cc2c(N[C@H](C)c3ccc(Cl)cc3Cl)nc(N3CC([C@H]4CCCN(C5CC(C)C5)C4)C3)nc2s1. The van der Waals surface area contributed by atoms with E-state index >= 15 is 0 Å². The summed E-state index contributed by atoms with van der Waals surface area (Å²) in [4.78, 5) is 17.5. The molecule has 0 spiro atoms. The number of nitrogens with one attached hydrogen (secondary N) is 1. The number of benzene rings is 1. The average molecular weight is 545 g/mol. The zero-order valence-electron chi connectivity index (χ0n) is 21.3. The Hall–Kier alpha value is -1.60. The number of nitrogens with zero attached hydrogens (tertiary/aromatic N) is 4. The van der Waals surface area contributed by atoms with Crippen molar-refractivity contribution in [1.82, 2.24) is 14.9 Å². The maximum Gasteiger partial charge on any atom is 0.228 e. The molecule has 6 rings (SSSR count). The summed E-state index contributed by atoms with van der Waals surface area (Å²) in [6, 6.07) is 8.68. The first-order valence-corrected chi connectivity index (χ1v) is 14.9. The van der Waals surface area contributed by atoms with E-state index < -0.39 is 0 Å². The lowest BCUT2D eigenvalue weighted by Gasteiger charge is -2.50. The van der Waals surface area contributed by atoms with Gasteiger partial charge >= 0.3 is 0 Å². The van der Waals surface area contributed by atoms with Crippen LogP contribution in [0.2, 0.25) is 10.0 Å². The molecule has 2 atom stereocenters. The highest BCUT2D eigenvalue weighted by molar-refractivity contribution is 7.18. The van der Waals surface area contributed by atoms with E-state index in [1.54, 1.807) is 17.4 Å². The van der Waals surface area contributed by atoms with Crippen LogP contribution in [0.5, 0.6) is 0 Å². The summed E-state index contributed by atoms with van der Waals surface area (Å²) < 4.78 is 0. The predicted molar refractivity (Wildman–Crippen MR) is 153 cm³/mol. The maximum absolute atomic E-state index is 6.50. The lowest BCUT2D eigenvalue weighted by atomic mass is 9.76. The van der Waals surface area contributed by atoms with Gasteiger partial charge in [0.2, 0.25) is 5.95 Å². The van der Waals surface area contributed by atoms with Crippen LogP contribution in [0.4, 0.5) is 11.8 Å². The molecule has 3 aromatic rings. The molecule has 36 heavy (non-hydrogen) atoms. The minimum Gasteiger partial charge on any atom is -0.363 e. The summed E-state index contributed by atoms with van der Waals surface area (Å²) in [7, 11) is 0. The van der Waals surface area contributed by atoms with Gasteiger partial charge in [0.25, 0.3) is 0 Å². The highest BCUT2D eigenvalue weighted by Crippen LogP contribution is 2.39. The summed E-state index contributed by atoms with van der Waals surface area (Å²) >= 11 is 14.3. The van der Waals surface area contributed by atoms with Crippen molar-refractivity contribution >= 4 is 56.5 Å². The van der Waals surface area contributed by atoms with Crippen LogP contribution in [-0.4, -0.2) is 47.1 Å². The Morgan fingerprint density at radius 2 is 1.89 bits per heavy atom. The van der Waals surface area contributed by atoms with Gasteiger partial charge < -0.3 is 15.1 Å². The number of hydrogen-bond donors (Lipinski definition) is 1.